The van der Waals surface area contributed by atoms with Crippen LogP contribution in [0.4, 0.5) is 0 Å². The molecule has 0 bridgehead atoms. The van der Waals surface area contributed by atoms with Gasteiger partial charge in [0.05, 0.1) is 5.41 Å². The Balaban J connectivity index is 1.77. The Bertz CT molecular complexity index is 294. The van der Waals surface area contributed by atoms with Crippen LogP contribution in [0.5, 0.6) is 0 Å². The second kappa shape index (κ2) is 5.57. The largest absolute Gasteiger partial charge is 0.385 e. The van der Waals surface area contributed by atoms with Gasteiger partial charge in [-0.3, -0.25) is 4.79 Å². The summed E-state index contributed by atoms with van der Waals surface area (Å²) in [4.78, 5) is 12.3. The van der Waals surface area contributed by atoms with E-state index in [1.165, 1.54) is 12.8 Å². The normalized spacial score (nSPS) is 29.9. The van der Waals surface area contributed by atoms with Crippen molar-refractivity contribution in [2.45, 2.75) is 39.0 Å². The summed E-state index contributed by atoms with van der Waals surface area (Å²) in [7, 11) is 1.74. The Kier molecular flexibility index (Phi) is 4.28. The Morgan fingerprint density at radius 2 is 2.17 bits per heavy atom. The van der Waals surface area contributed by atoms with Gasteiger partial charge in [-0.2, -0.15) is 0 Å². The molecule has 2 fully saturated rings. The van der Waals surface area contributed by atoms with Crippen molar-refractivity contribution in [3.63, 3.8) is 0 Å². The minimum Gasteiger partial charge on any atom is -0.385 e. The fourth-order valence-corrected chi connectivity index (χ4v) is 2.74. The second-order valence-electron chi connectivity index (χ2n) is 6.27. The summed E-state index contributed by atoms with van der Waals surface area (Å²) in [6.45, 7) is 5.55. The number of ether oxygens (including phenoxy) is 1. The molecule has 4 heteroatoms. The van der Waals surface area contributed by atoms with E-state index < -0.39 is 0 Å². The molecule has 1 saturated carbocycles. The number of methoxy groups -OCH3 is 1. The lowest BCUT2D eigenvalue weighted by Crippen LogP contribution is -2.49. The van der Waals surface area contributed by atoms with Gasteiger partial charge >= 0.3 is 0 Å². The summed E-state index contributed by atoms with van der Waals surface area (Å²) in [6, 6.07) is 0. The van der Waals surface area contributed by atoms with Crippen molar-refractivity contribution < 1.29 is 9.53 Å². The van der Waals surface area contributed by atoms with E-state index in [1.807, 2.05) is 0 Å². The molecule has 0 aromatic heterocycles. The number of hydrogen-bond donors (Lipinski definition) is 2. The third-order valence-electron chi connectivity index (χ3n) is 4.56. The van der Waals surface area contributed by atoms with Crippen LogP contribution in [0.2, 0.25) is 0 Å². The molecule has 1 unspecified atom stereocenters. The molecule has 1 atom stereocenters. The Morgan fingerprint density at radius 3 is 2.72 bits per heavy atom. The number of nitrogens with one attached hydrogen (secondary N) is 2. The average Bonchev–Trinajstić information content (AvgIpc) is 3.15. The van der Waals surface area contributed by atoms with E-state index in [9.17, 15) is 4.79 Å². The highest BCUT2D eigenvalue weighted by atomic mass is 16.5. The molecule has 2 rings (SSSR count). The summed E-state index contributed by atoms with van der Waals surface area (Å²) < 4.78 is 5.14. The van der Waals surface area contributed by atoms with E-state index in [0.29, 0.717) is 5.41 Å². The van der Waals surface area contributed by atoms with Crippen molar-refractivity contribution in [1.82, 2.24) is 10.6 Å². The molecular formula is C14H26N2O2. The molecule has 1 aliphatic carbocycles. The van der Waals surface area contributed by atoms with Gasteiger partial charge in [0, 0.05) is 26.8 Å². The first-order chi connectivity index (χ1) is 8.60. The quantitative estimate of drug-likeness (QED) is 0.751. The summed E-state index contributed by atoms with van der Waals surface area (Å²) in [5, 5.41) is 6.49. The monoisotopic (exact) mass is 254 g/mol. The number of carbonyl (C=O) groups is 1. The first kappa shape index (κ1) is 13.8. The van der Waals surface area contributed by atoms with Crippen LogP contribution in [-0.2, 0) is 9.53 Å². The summed E-state index contributed by atoms with van der Waals surface area (Å²) in [6.07, 6.45) is 5.62. The molecule has 1 aliphatic heterocycles. The SMILES string of the molecule is COCCC1(CNC(=O)C2(C)CCCNC2)CC1. The Labute approximate surface area is 110 Å². The molecule has 1 amide bonds. The summed E-state index contributed by atoms with van der Waals surface area (Å²) >= 11 is 0. The number of amides is 1. The Morgan fingerprint density at radius 1 is 1.39 bits per heavy atom. The number of piperidine rings is 1. The van der Waals surface area contributed by atoms with Gasteiger partial charge in [0.25, 0.3) is 0 Å². The van der Waals surface area contributed by atoms with Gasteiger partial charge in [0.15, 0.2) is 0 Å². The van der Waals surface area contributed by atoms with Crippen LogP contribution in [0.25, 0.3) is 0 Å². The fraction of sp³-hybridized carbons (Fsp3) is 0.929. The van der Waals surface area contributed by atoms with E-state index in [1.54, 1.807) is 7.11 Å². The summed E-state index contributed by atoms with van der Waals surface area (Å²) in [5.74, 6) is 0.221. The second-order valence-corrected chi connectivity index (χ2v) is 6.27. The molecular weight excluding hydrogens is 228 g/mol. The molecule has 0 spiro atoms. The van der Waals surface area contributed by atoms with Crippen LogP contribution < -0.4 is 10.6 Å². The molecule has 2 aliphatic rings. The maximum atomic E-state index is 12.3. The molecule has 1 heterocycles. The van der Waals surface area contributed by atoms with Gasteiger partial charge in [-0.1, -0.05) is 0 Å². The highest BCUT2D eigenvalue weighted by Crippen LogP contribution is 2.48. The smallest absolute Gasteiger partial charge is 0.227 e. The first-order valence-corrected chi connectivity index (χ1v) is 7.08. The highest BCUT2D eigenvalue weighted by molar-refractivity contribution is 5.82. The molecule has 0 aromatic rings. The lowest BCUT2D eigenvalue weighted by atomic mass is 9.81. The van der Waals surface area contributed by atoms with Gasteiger partial charge in [-0.25, -0.2) is 0 Å². The molecule has 104 valence electrons. The van der Waals surface area contributed by atoms with E-state index in [4.69, 9.17) is 4.74 Å². The van der Waals surface area contributed by atoms with E-state index in [0.717, 1.165) is 45.5 Å². The maximum Gasteiger partial charge on any atom is 0.227 e. The van der Waals surface area contributed by atoms with Crippen molar-refractivity contribution in [3.8, 4) is 0 Å². The number of rotatable bonds is 6. The predicted molar refractivity (Wildman–Crippen MR) is 71.4 cm³/mol. The van der Waals surface area contributed by atoms with Crippen molar-refractivity contribution in [2.24, 2.45) is 10.8 Å². The van der Waals surface area contributed by atoms with Crippen LogP contribution >= 0.6 is 0 Å². The number of carbonyl (C=O) groups excluding carboxylic acids is 1. The zero-order valence-electron chi connectivity index (χ0n) is 11.7. The lowest BCUT2D eigenvalue weighted by molar-refractivity contribution is -0.131. The van der Waals surface area contributed by atoms with Crippen LogP contribution in [-0.4, -0.2) is 39.3 Å². The Hall–Kier alpha value is -0.610. The van der Waals surface area contributed by atoms with Gasteiger partial charge in [0.1, 0.15) is 0 Å². The van der Waals surface area contributed by atoms with Gasteiger partial charge in [-0.15, -0.1) is 0 Å². The standard InChI is InChI=1S/C14H26N2O2/c1-13(4-3-8-15-10-13)12(17)16-11-14(5-6-14)7-9-18-2/h15H,3-11H2,1-2H3,(H,16,17). The third-order valence-corrected chi connectivity index (χ3v) is 4.56. The van der Waals surface area contributed by atoms with Crippen LogP contribution in [0.1, 0.15) is 39.0 Å². The molecule has 18 heavy (non-hydrogen) atoms. The minimum absolute atomic E-state index is 0.213. The van der Waals surface area contributed by atoms with Crippen molar-refractivity contribution in [1.29, 1.82) is 0 Å². The van der Waals surface area contributed by atoms with E-state index >= 15 is 0 Å². The van der Waals surface area contributed by atoms with E-state index in [-0.39, 0.29) is 11.3 Å². The molecule has 2 N–H and O–H groups in total. The van der Waals surface area contributed by atoms with Gasteiger partial charge in [0.2, 0.25) is 5.91 Å². The van der Waals surface area contributed by atoms with Crippen LogP contribution in [0, 0.1) is 10.8 Å². The maximum absolute atomic E-state index is 12.3. The molecule has 1 saturated heterocycles. The van der Waals surface area contributed by atoms with Crippen molar-refractivity contribution in [3.05, 3.63) is 0 Å². The zero-order valence-corrected chi connectivity index (χ0v) is 11.7. The topological polar surface area (TPSA) is 50.4 Å². The van der Waals surface area contributed by atoms with Gasteiger partial charge in [-0.05, 0) is 51.0 Å². The predicted octanol–water partition coefficient (Wildman–Crippen LogP) is 1.31. The summed E-state index contributed by atoms with van der Waals surface area (Å²) in [5.41, 5.74) is 0.125. The molecule has 0 radical (unpaired) electrons. The van der Waals surface area contributed by atoms with Crippen LogP contribution in [0.3, 0.4) is 0 Å². The zero-order chi connectivity index (χ0) is 13.1. The number of hydrogen-bond acceptors (Lipinski definition) is 3. The fourth-order valence-electron chi connectivity index (χ4n) is 2.74. The van der Waals surface area contributed by atoms with Crippen molar-refractivity contribution in [2.75, 3.05) is 33.4 Å². The highest BCUT2D eigenvalue weighted by Gasteiger charge is 2.43. The average molecular weight is 254 g/mol. The van der Waals surface area contributed by atoms with Crippen molar-refractivity contribution >= 4 is 5.91 Å². The minimum atomic E-state index is -0.213. The van der Waals surface area contributed by atoms with Gasteiger partial charge < -0.3 is 15.4 Å². The molecule has 0 aromatic carbocycles. The van der Waals surface area contributed by atoms with Crippen LogP contribution in [0.15, 0.2) is 0 Å². The lowest BCUT2D eigenvalue weighted by Gasteiger charge is -2.33. The molecule has 4 nitrogen and oxygen atoms in total. The van der Waals surface area contributed by atoms with E-state index in [2.05, 4.69) is 17.6 Å². The third kappa shape index (κ3) is 3.23. The first-order valence-electron chi connectivity index (χ1n) is 7.08.